The Hall–Kier alpha value is -1.35. The molecule has 0 bridgehead atoms. The molecule has 3 heteroatoms. The Morgan fingerprint density at radius 3 is 2.87 bits per heavy atom. The molecule has 2 atom stereocenters. The summed E-state index contributed by atoms with van der Waals surface area (Å²) in [7, 11) is 0. The van der Waals surface area contributed by atoms with Gasteiger partial charge in [-0.3, -0.25) is 0 Å². The highest BCUT2D eigenvalue weighted by molar-refractivity contribution is 5.79. The minimum absolute atomic E-state index is 0.208. The second-order valence-corrected chi connectivity index (χ2v) is 7.30. The van der Waals surface area contributed by atoms with Gasteiger partial charge in [0.15, 0.2) is 0 Å². The molecule has 1 aromatic rings. The predicted molar refractivity (Wildman–Crippen MR) is 97.5 cm³/mol. The maximum absolute atomic E-state index is 8.76. The highest BCUT2D eigenvalue weighted by Crippen LogP contribution is 2.39. The summed E-state index contributed by atoms with van der Waals surface area (Å²) in [5, 5.41) is 11.9. The standard InChI is InChI=1S/C20H32N2O/c1-4-5-6-7-12-22-13-11-20(3,17(2)16-22)19-10-8-9-18(14-19)15-21-23/h8-10,14-15,17,23H,4-7,11-13,16H2,1-3H3. The first-order valence-corrected chi connectivity index (χ1v) is 9.10. The van der Waals surface area contributed by atoms with Crippen LogP contribution in [-0.4, -0.2) is 36.0 Å². The normalized spacial score (nSPS) is 26.0. The lowest BCUT2D eigenvalue weighted by Gasteiger charge is -2.45. The van der Waals surface area contributed by atoms with Gasteiger partial charge in [-0.2, -0.15) is 0 Å². The molecule has 0 radical (unpaired) electrons. The number of piperidine rings is 1. The van der Waals surface area contributed by atoms with E-state index in [0.29, 0.717) is 5.92 Å². The third kappa shape index (κ3) is 4.57. The summed E-state index contributed by atoms with van der Waals surface area (Å²) < 4.78 is 0. The van der Waals surface area contributed by atoms with Crippen LogP contribution < -0.4 is 0 Å². The van der Waals surface area contributed by atoms with E-state index in [9.17, 15) is 0 Å². The van der Waals surface area contributed by atoms with Crippen molar-refractivity contribution in [3.05, 3.63) is 35.4 Å². The molecule has 1 aromatic carbocycles. The van der Waals surface area contributed by atoms with Crippen LogP contribution in [0.25, 0.3) is 0 Å². The molecular weight excluding hydrogens is 284 g/mol. The van der Waals surface area contributed by atoms with E-state index in [4.69, 9.17) is 5.21 Å². The number of benzene rings is 1. The zero-order valence-corrected chi connectivity index (χ0v) is 15.0. The van der Waals surface area contributed by atoms with Gasteiger partial charge in [0, 0.05) is 6.54 Å². The van der Waals surface area contributed by atoms with Gasteiger partial charge >= 0.3 is 0 Å². The van der Waals surface area contributed by atoms with Crippen LogP contribution in [-0.2, 0) is 5.41 Å². The highest BCUT2D eigenvalue weighted by Gasteiger charge is 2.37. The molecule has 3 nitrogen and oxygen atoms in total. The number of hydrogen-bond donors (Lipinski definition) is 1. The van der Waals surface area contributed by atoms with Crippen molar-refractivity contribution in [3.8, 4) is 0 Å². The van der Waals surface area contributed by atoms with Gasteiger partial charge < -0.3 is 10.1 Å². The van der Waals surface area contributed by atoms with E-state index in [1.807, 2.05) is 6.07 Å². The molecule has 0 saturated carbocycles. The molecule has 0 spiro atoms. The molecule has 0 aromatic heterocycles. The summed E-state index contributed by atoms with van der Waals surface area (Å²) >= 11 is 0. The molecule has 0 aliphatic carbocycles. The SMILES string of the molecule is CCCCCCN1CCC(C)(c2cccc(C=NO)c2)C(C)C1. The van der Waals surface area contributed by atoms with Gasteiger partial charge in [-0.1, -0.05) is 63.4 Å². The summed E-state index contributed by atoms with van der Waals surface area (Å²) in [5.41, 5.74) is 2.55. The van der Waals surface area contributed by atoms with Crippen LogP contribution >= 0.6 is 0 Å². The Morgan fingerprint density at radius 1 is 1.35 bits per heavy atom. The topological polar surface area (TPSA) is 35.8 Å². The van der Waals surface area contributed by atoms with E-state index < -0.39 is 0 Å². The maximum Gasteiger partial charge on any atom is 0.0733 e. The molecule has 1 N–H and O–H groups in total. The summed E-state index contributed by atoms with van der Waals surface area (Å²) in [6, 6.07) is 8.46. The van der Waals surface area contributed by atoms with Crippen molar-refractivity contribution in [2.45, 2.75) is 58.3 Å². The van der Waals surface area contributed by atoms with Gasteiger partial charge in [0.2, 0.25) is 0 Å². The van der Waals surface area contributed by atoms with Gasteiger partial charge in [-0.25, -0.2) is 0 Å². The van der Waals surface area contributed by atoms with E-state index in [0.717, 1.165) is 5.56 Å². The fourth-order valence-corrected chi connectivity index (χ4v) is 3.75. The zero-order chi connectivity index (χ0) is 16.7. The number of nitrogens with zero attached hydrogens (tertiary/aromatic N) is 2. The Kier molecular flexibility index (Phi) is 6.64. The number of likely N-dealkylation sites (tertiary alicyclic amines) is 1. The first-order valence-electron chi connectivity index (χ1n) is 9.10. The van der Waals surface area contributed by atoms with Crippen LogP contribution in [0.5, 0.6) is 0 Å². The molecule has 23 heavy (non-hydrogen) atoms. The Labute approximate surface area is 141 Å². The second kappa shape index (κ2) is 8.49. The largest absolute Gasteiger partial charge is 0.411 e. The summed E-state index contributed by atoms with van der Waals surface area (Å²) in [4.78, 5) is 2.64. The minimum atomic E-state index is 0.208. The second-order valence-electron chi connectivity index (χ2n) is 7.30. The average Bonchev–Trinajstić information content (AvgIpc) is 2.55. The van der Waals surface area contributed by atoms with Crippen LogP contribution in [0, 0.1) is 5.92 Å². The fraction of sp³-hybridized carbons (Fsp3) is 0.650. The molecule has 128 valence electrons. The van der Waals surface area contributed by atoms with E-state index in [1.165, 1.54) is 63.5 Å². The fourth-order valence-electron chi connectivity index (χ4n) is 3.75. The van der Waals surface area contributed by atoms with E-state index in [1.54, 1.807) is 0 Å². The van der Waals surface area contributed by atoms with Crippen LogP contribution in [0.1, 0.15) is 64.0 Å². The molecule has 2 rings (SSSR count). The van der Waals surface area contributed by atoms with Gasteiger partial charge in [0.25, 0.3) is 0 Å². The molecule has 1 heterocycles. The van der Waals surface area contributed by atoms with Crippen molar-refractivity contribution in [1.29, 1.82) is 0 Å². The third-order valence-electron chi connectivity index (χ3n) is 5.65. The smallest absolute Gasteiger partial charge is 0.0733 e. The van der Waals surface area contributed by atoms with Crippen molar-refractivity contribution in [2.75, 3.05) is 19.6 Å². The zero-order valence-electron chi connectivity index (χ0n) is 15.0. The van der Waals surface area contributed by atoms with E-state index >= 15 is 0 Å². The predicted octanol–water partition coefficient (Wildman–Crippen LogP) is 4.67. The summed E-state index contributed by atoms with van der Waals surface area (Å²) in [6.07, 6.45) is 8.07. The van der Waals surface area contributed by atoms with Crippen molar-refractivity contribution in [3.63, 3.8) is 0 Å². The van der Waals surface area contributed by atoms with Gasteiger partial charge in [0.1, 0.15) is 0 Å². The van der Waals surface area contributed by atoms with Crippen LogP contribution in [0.3, 0.4) is 0 Å². The van der Waals surface area contributed by atoms with Gasteiger partial charge in [0.05, 0.1) is 6.21 Å². The third-order valence-corrected chi connectivity index (χ3v) is 5.65. The van der Waals surface area contributed by atoms with Crippen LogP contribution in [0.4, 0.5) is 0 Å². The lowest BCUT2D eigenvalue weighted by atomic mass is 9.68. The first kappa shape index (κ1) is 18.0. The maximum atomic E-state index is 8.76. The van der Waals surface area contributed by atoms with E-state index in [-0.39, 0.29) is 5.41 Å². The van der Waals surface area contributed by atoms with Gasteiger partial charge in [-0.15, -0.1) is 0 Å². The molecule has 1 aliphatic rings. The Bertz CT molecular complexity index is 514. The molecule has 2 unspecified atom stereocenters. The molecule has 0 amide bonds. The summed E-state index contributed by atoms with van der Waals surface area (Å²) in [6.45, 7) is 10.7. The van der Waals surface area contributed by atoms with Gasteiger partial charge in [-0.05, 0) is 54.5 Å². The van der Waals surface area contributed by atoms with Crippen LogP contribution in [0.2, 0.25) is 0 Å². The molecule has 1 saturated heterocycles. The number of rotatable bonds is 7. The van der Waals surface area contributed by atoms with Crippen molar-refractivity contribution >= 4 is 6.21 Å². The number of unbranched alkanes of at least 4 members (excludes halogenated alkanes) is 3. The molecular formula is C20H32N2O. The Balaban J connectivity index is 1.99. The number of hydrogen-bond acceptors (Lipinski definition) is 3. The first-order chi connectivity index (χ1) is 11.1. The quantitative estimate of drug-likeness (QED) is 0.343. The van der Waals surface area contributed by atoms with Crippen molar-refractivity contribution in [2.24, 2.45) is 11.1 Å². The van der Waals surface area contributed by atoms with Crippen molar-refractivity contribution in [1.82, 2.24) is 4.90 Å². The average molecular weight is 316 g/mol. The van der Waals surface area contributed by atoms with Crippen LogP contribution in [0.15, 0.2) is 29.4 Å². The molecule has 1 aliphatic heterocycles. The monoisotopic (exact) mass is 316 g/mol. The Morgan fingerprint density at radius 2 is 2.17 bits per heavy atom. The highest BCUT2D eigenvalue weighted by atomic mass is 16.4. The minimum Gasteiger partial charge on any atom is -0.411 e. The van der Waals surface area contributed by atoms with Crippen molar-refractivity contribution < 1.29 is 5.21 Å². The number of oxime groups is 1. The lowest BCUT2D eigenvalue weighted by molar-refractivity contribution is 0.109. The van der Waals surface area contributed by atoms with E-state index in [2.05, 4.69) is 49.0 Å². The molecule has 1 fully saturated rings. The lowest BCUT2D eigenvalue weighted by Crippen LogP contribution is -2.47. The summed E-state index contributed by atoms with van der Waals surface area (Å²) in [5.74, 6) is 0.628.